The molecule has 0 spiro atoms. The Bertz CT molecular complexity index is 774. The van der Waals surface area contributed by atoms with Gasteiger partial charge in [-0.2, -0.15) is 4.31 Å². The van der Waals surface area contributed by atoms with E-state index in [0.717, 1.165) is 23.9 Å². The highest BCUT2D eigenvalue weighted by molar-refractivity contribution is 7.89. The average molecular weight is 305 g/mol. The average Bonchev–Trinajstić information content (AvgIpc) is 2.47. The van der Waals surface area contributed by atoms with Crippen molar-refractivity contribution in [2.24, 2.45) is 5.73 Å². The minimum Gasteiger partial charge on any atom is -0.327 e. The summed E-state index contributed by atoms with van der Waals surface area (Å²) in [7, 11) is -3.52. The van der Waals surface area contributed by atoms with E-state index in [2.05, 4.69) is 4.98 Å². The van der Waals surface area contributed by atoms with E-state index in [1.54, 1.807) is 18.3 Å². The lowest BCUT2D eigenvalue weighted by Crippen LogP contribution is -2.45. The van der Waals surface area contributed by atoms with Gasteiger partial charge < -0.3 is 5.73 Å². The number of sulfonamides is 1. The molecule has 5 nitrogen and oxygen atoms in total. The smallest absolute Gasteiger partial charge is 0.243 e. The zero-order valence-corrected chi connectivity index (χ0v) is 12.8. The highest BCUT2D eigenvalue weighted by Gasteiger charge is 2.30. The molecule has 1 saturated heterocycles. The maximum absolute atomic E-state index is 12.9. The van der Waals surface area contributed by atoms with Crippen molar-refractivity contribution in [3.05, 3.63) is 36.0 Å². The second-order valence-electron chi connectivity index (χ2n) is 5.55. The van der Waals surface area contributed by atoms with Crippen molar-refractivity contribution < 1.29 is 8.42 Å². The van der Waals surface area contributed by atoms with Crippen LogP contribution in [0.15, 0.2) is 35.4 Å². The number of nitrogens with zero attached hydrogens (tertiary/aromatic N) is 2. The van der Waals surface area contributed by atoms with Gasteiger partial charge in [0, 0.05) is 30.7 Å². The standard InChI is InChI=1S/C15H19N3O2S/c1-11-6-7-14(13-5-2-8-17-15(11)13)21(19,20)18-9-3-4-12(16)10-18/h2,5-8,12H,3-4,9-10,16H2,1H3/t12-/m1/s1. The second-order valence-corrected chi connectivity index (χ2v) is 7.45. The Balaban J connectivity index is 2.13. The van der Waals surface area contributed by atoms with Crippen molar-refractivity contribution in [2.75, 3.05) is 13.1 Å². The molecule has 2 N–H and O–H groups in total. The van der Waals surface area contributed by atoms with Crippen LogP contribution in [0.4, 0.5) is 0 Å². The number of aromatic nitrogens is 1. The van der Waals surface area contributed by atoms with Crippen LogP contribution in [0.1, 0.15) is 18.4 Å². The lowest BCUT2D eigenvalue weighted by atomic mass is 10.1. The highest BCUT2D eigenvalue weighted by atomic mass is 32.2. The molecule has 0 bridgehead atoms. The molecule has 0 aliphatic carbocycles. The van der Waals surface area contributed by atoms with Crippen LogP contribution in [0.3, 0.4) is 0 Å². The first-order valence-electron chi connectivity index (χ1n) is 7.10. The zero-order valence-electron chi connectivity index (χ0n) is 12.0. The molecule has 0 radical (unpaired) electrons. The van der Waals surface area contributed by atoms with Crippen molar-refractivity contribution in [2.45, 2.75) is 30.7 Å². The maximum Gasteiger partial charge on any atom is 0.243 e. The van der Waals surface area contributed by atoms with E-state index >= 15 is 0 Å². The first-order valence-corrected chi connectivity index (χ1v) is 8.54. The summed E-state index contributed by atoms with van der Waals surface area (Å²) in [6.45, 7) is 2.85. The van der Waals surface area contributed by atoms with Gasteiger partial charge in [-0.3, -0.25) is 4.98 Å². The van der Waals surface area contributed by atoms with E-state index in [0.29, 0.717) is 23.4 Å². The molecule has 0 unspecified atom stereocenters. The third kappa shape index (κ3) is 2.54. The summed E-state index contributed by atoms with van der Waals surface area (Å²) in [5.74, 6) is 0. The molecule has 112 valence electrons. The summed E-state index contributed by atoms with van der Waals surface area (Å²) >= 11 is 0. The number of fused-ring (bicyclic) bond motifs is 1. The Morgan fingerprint density at radius 1 is 1.33 bits per heavy atom. The second kappa shape index (κ2) is 5.36. The van der Waals surface area contributed by atoms with Crippen LogP contribution in [0.2, 0.25) is 0 Å². The van der Waals surface area contributed by atoms with Crippen molar-refractivity contribution in [3.63, 3.8) is 0 Å². The van der Waals surface area contributed by atoms with Crippen molar-refractivity contribution in [1.29, 1.82) is 0 Å². The molecule has 2 aromatic rings. The quantitative estimate of drug-likeness (QED) is 0.915. The fourth-order valence-electron chi connectivity index (χ4n) is 2.84. The van der Waals surface area contributed by atoms with Crippen LogP contribution < -0.4 is 5.73 Å². The molecular formula is C15H19N3O2S. The molecular weight excluding hydrogens is 286 g/mol. The Morgan fingerprint density at radius 2 is 2.14 bits per heavy atom. The number of hydrogen-bond donors (Lipinski definition) is 1. The first-order chi connectivity index (χ1) is 10.00. The topological polar surface area (TPSA) is 76.3 Å². The van der Waals surface area contributed by atoms with Gasteiger partial charge in [0.25, 0.3) is 0 Å². The summed E-state index contributed by atoms with van der Waals surface area (Å²) in [5, 5.41) is 0.677. The third-order valence-corrected chi connectivity index (χ3v) is 5.89. The third-order valence-electron chi connectivity index (χ3n) is 3.97. The summed E-state index contributed by atoms with van der Waals surface area (Å²) in [5.41, 5.74) is 7.63. The fraction of sp³-hybridized carbons (Fsp3) is 0.400. The SMILES string of the molecule is Cc1ccc(S(=O)(=O)N2CCC[C@@H](N)C2)c2cccnc12. The van der Waals surface area contributed by atoms with E-state index in [4.69, 9.17) is 5.73 Å². The number of pyridine rings is 1. The van der Waals surface area contributed by atoms with Gasteiger partial charge >= 0.3 is 0 Å². The van der Waals surface area contributed by atoms with Crippen LogP contribution in [0, 0.1) is 6.92 Å². The predicted molar refractivity (Wildman–Crippen MR) is 82.4 cm³/mol. The number of benzene rings is 1. The summed E-state index contributed by atoms with van der Waals surface area (Å²) in [4.78, 5) is 4.63. The van der Waals surface area contributed by atoms with Gasteiger partial charge in [-0.1, -0.05) is 6.07 Å². The molecule has 0 amide bonds. The van der Waals surface area contributed by atoms with Crippen molar-refractivity contribution >= 4 is 20.9 Å². The van der Waals surface area contributed by atoms with Crippen molar-refractivity contribution in [1.82, 2.24) is 9.29 Å². The van der Waals surface area contributed by atoms with Crippen LogP contribution in [-0.4, -0.2) is 36.8 Å². The normalized spacial score (nSPS) is 20.8. The molecule has 6 heteroatoms. The maximum atomic E-state index is 12.9. The Labute approximate surface area is 124 Å². The molecule has 1 aromatic carbocycles. The number of hydrogen-bond acceptors (Lipinski definition) is 4. The molecule has 1 atom stereocenters. The van der Waals surface area contributed by atoms with Gasteiger partial charge in [0.05, 0.1) is 10.4 Å². The Morgan fingerprint density at radius 3 is 2.90 bits per heavy atom. The zero-order chi connectivity index (χ0) is 15.0. The number of piperidine rings is 1. The predicted octanol–water partition coefficient (Wildman–Crippen LogP) is 1.66. The van der Waals surface area contributed by atoms with Gasteiger partial charge in [0.1, 0.15) is 0 Å². The van der Waals surface area contributed by atoms with Gasteiger partial charge in [-0.15, -0.1) is 0 Å². The summed E-state index contributed by atoms with van der Waals surface area (Å²) < 4.78 is 27.3. The van der Waals surface area contributed by atoms with E-state index in [1.165, 1.54) is 4.31 Å². The van der Waals surface area contributed by atoms with Gasteiger partial charge in [0.15, 0.2) is 0 Å². The first kappa shape index (κ1) is 14.4. The molecule has 1 aliphatic rings. The fourth-order valence-corrected chi connectivity index (χ4v) is 4.56. The van der Waals surface area contributed by atoms with E-state index in [9.17, 15) is 8.42 Å². The monoisotopic (exact) mass is 305 g/mol. The largest absolute Gasteiger partial charge is 0.327 e. The lowest BCUT2D eigenvalue weighted by Gasteiger charge is -2.30. The van der Waals surface area contributed by atoms with E-state index in [1.807, 2.05) is 19.1 Å². The molecule has 1 aliphatic heterocycles. The molecule has 0 saturated carbocycles. The minimum atomic E-state index is -3.52. The number of aryl methyl sites for hydroxylation is 1. The van der Waals surface area contributed by atoms with Crippen LogP contribution in [-0.2, 0) is 10.0 Å². The van der Waals surface area contributed by atoms with Crippen molar-refractivity contribution in [3.8, 4) is 0 Å². The van der Waals surface area contributed by atoms with Gasteiger partial charge in [-0.25, -0.2) is 8.42 Å². The van der Waals surface area contributed by atoms with E-state index < -0.39 is 10.0 Å². The molecule has 1 aromatic heterocycles. The molecule has 1 fully saturated rings. The lowest BCUT2D eigenvalue weighted by molar-refractivity contribution is 0.316. The Hall–Kier alpha value is -1.50. The number of nitrogens with two attached hydrogens (primary N) is 1. The minimum absolute atomic E-state index is 0.0802. The van der Waals surface area contributed by atoms with Crippen LogP contribution in [0.5, 0.6) is 0 Å². The van der Waals surface area contributed by atoms with E-state index in [-0.39, 0.29) is 6.04 Å². The van der Waals surface area contributed by atoms with Gasteiger partial charge in [0.2, 0.25) is 10.0 Å². The summed E-state index contributed by atoms with van der Waals surface area (Å²) in [6.07, 6.45) is 3.37. The number of rotatable bonds is 2. The Kier molecular flexibility index (Phi) is 3.69. The molecule has 2 heterocycles. The summed E-state index contributed by atoms with van der Waals surface area (Å²) in [6, 6.07) is 6.98. The molecule has 3 rings (SSSR count). The van der Waals surface area contributed by atoms with Gasteiger partial charge in [-0.05, 0) is 43.5 Å². The van der Waals surface area contributed by atoms with Crippen LogP contribution >= 0.6 is 0 Å². The van der Waals surface area contributed by atoms with Crippen LogP contribution in [0.25, 0.3) is 10.9 Å². The highest BCUT2D eigenvalue weighted by Crippen LogP contribution is 2.28. The molecule has 21 heavy (non-hydrogen) atoms.